The molecule has 2 fully saturated rings. The summed E-state index contributed by atoms with van der Waals surface area (Å²) in [5.41, 5.74) is -1.56. The molecule has 3 atom stereocenters. The normalized spacial score (nSPS) is 21.3. The molecule has 192 valence electrons. The molecule has 11 nitrogen and oxygen atoms in total. The summed E-state index contributed by atoms with van der Waals surface area (Å²) in [5.74, 6) is -2.56. The van der Waals surface area contributed by atoms with E-state index < -0.39 is 47.2 Å². The van der Waals surface area contributed by atoms with Crippen LogP contribution in [0.15, 0.2) is 17.5 Å². The number of ketones is 2. The maximum absolute atomic E-state index is 13.9. The van der Waals surface area contributed by atoms with E-state index in [0.29, 0.717) is 37.5 Å². The lowest BCUT2D eigenvalue weighted by Gasteiger charge is -2.43. The van der Waals surface area contributed by atoms with E-state index >= 15 is 0 Å². The highest BCUT2D eigenvalue weighted by atomic mass is 32.1. The zero-order valence-corrected chi connectivity index (χ0v) is 21.1. The predicted octanol–water partition coefficient (Wildman–Crippen LogP) is 0.422. The van der Waals surface area contributed by atoms with E-state index in [1.165, 1.54) is 30.3 Å². The lowest BCUT2D eigenvalue weighted by Crippen LogP contribution is -2.75. The molecule has 0 spiro atoms. The lowest BCUT2D eigenvalue weighted by molar-refractivity contribution is -0.168. The number of hydrogen-bond acceptors (Lipinski definition) is 8. The van der Waals surface area contributed by atoms with Gasteiger partial charge in [0.15, 0.2) is 5.78 Å². The molecule has 1 aromatic rings. The van der Waals surface area contributed by atoms with Crippen molar-refractivity contribution in [1.29, 1.82) is 0 Å². The number of β-lactam (4-membered cyclic amide) rings is 1. The van der Waals surface area contributed by atoms with Gasteiger partial charge in [0.25, 0.3) is 11.8 Å². The van der Waals surface area contributed by atoms with Crippen molar-refractivity contribution in [2.45, 2.75) is 50.9 Å². The fraction of sp³-hybridized carbons (Fsp3) is 0.609. The average molecular weight is 508 g/mol. The highest BCUT2D eigenvalue weighted by molar-refractivity contribution is 7.10. The number of unbranched alkanes of at least 4 members (excludes halogenated alkanes) is 1. The van der Waals surface area contributed by atoms with Gasteiger partial charge in [-0.2, -0.15) is 0 Å². The largest absolute Gasteiger partial charge is 0.349 e. The van der Waals surface area contributed by atoms with Crippen LogP contribution in [0, 0.1) is 0 Å². The van der Waals surface area contributed by atoms with Gasteiger partial charge in [0.1, 0.15) is 12.1 Å². The fourth-order valence-electron chi connectivity index (χ4n) is 4.22. The number of rotatable bonds is 11. The summed E-state index contributed by atoms with van der Waals surface area (Å²) in [4.78, 5) is 68.6. The molecule has 0 radical (unpaired) electrons. The van der Waals surface area contributed by atoms with Gasteiger partial charge < -0.3 is 25.6 Å². The monoisotopic (exact) mass is 507 g/mol. The first-order valence-corrected chi connectivity index (χ1v) is 12.6. The lowest BCUT2D eigenvalue weighted by atomic mass is 9.98. The number of ether oxygens (including phenoxy) is 1. The SMILES string of the molecule is CCCCC(C(=O)C(C)=O)N(C(=O)N1CCNCC1)C(C(=O)N[C@@]1(OC)CNC1=O)c1cccs1. The molecule has 0 aromatic carbocycles. The molecule has 0 saturated carbocycles. The maximum atomic E-state index is 13.9. The number of hydrogen-bond donors (Lipinski definition) is 3. The second kappa shape index (κ2) is 11.7. The Balaban J connectivity index is 2.08. The number of piperazine rings is 1. The van der Waals surface area contributed by atoms with Crippen LogP contribution < -0.4 is 16.0 Å². The Kier molecular flexibility index (Phi) is 8.98. The van der Waals surface area contributed by atoms with E-state index in [9.17, 15) is 24.0 Å². The van der Waals surface area contributed by atoms with E-state index in [-0.39, 0.29) is 13.0 Å². The first-order chi connectivity index (χ1) is 16.8. The van der Waals surface area contributed by atoms with Gasteiger partial charge in [-0.05, 0) is 17.9 Å². The molecule has 2 unspecified atom stereocenters. The summed E-state index contributed by atoms with van der Waals surface area (Å²) in [6, 6.07) is 0.580. The third-order valence-corrected chi connectivity index (χ3v) is 7.23. The summed E-state index contributed by atoms with van der Waals surface area (Å²) >= 11 is 1.25. The van der Waals surface area contributed by atoms with Gasteiger partial charge in [-0.15, -0.1) is 11.3 Å². The highest BCUT2D eigenvalue weighted by Gasteiger charge is 2.51. The molecule has 2 aliphatic heterocycles. The molecular formula is C23H33N5O6S. The average Bonchev–Trinajstić information content (AvgIpc) is 3.39. The molecule has 4 amide bonds. The van der Waals surface area contributed by atoms with Crippen LogP contribution in [0.2, 0.25) is 0 Å². The molecule has 2 aliphatic rings. The van der Waals surface area contributed by atoms with Crippen molar-refractivity contribution >= 4 is 40.7 Å². The van der Waals surface area contributed by atoms with E-state index in [2.05, 4.69) is 16.0 Å². The molecule has 0 aliphatic carbocycles. The Labute approximate surface area is 208 Å². The molecule has 0 bridgehead atoms. The maximum Gasteiger partial charge on any atom is 0.321 e. The van der Waals surface area contributed by atoms with Crippen molar-refractivity contribution in [2.24, 2.45) is 0 Å². The summed E-state index contributed by atoms with van der Waals surface area (Å²) in [6.45, 7) is 5.13. The Morgan fingerprint density at radius 1 is 1.29 bits per heavy atom. The van der Waals surface area contributed by atoms with Gasteiger partial charge in [-0.25, -0.2) is 4.79 Å². The standard InChI is InChI=1S/C23H33N5O6S/c1-4-5-7-16(19(30)15(2)29)28(22(33)27-11-9-24-10-12-27)18(17-8-6-13-35-17)20(31)26-23(34-3)14-25-21(23)32/h6,8,13,16,18,24H,4-5,7,9-12,14H2,1-3H3,(H,25,32)(H,26,31)/t16?,18?,23-/m1/s1. The Bertz CT molecular complexity index is 944. The summed E-state index contributed by atoms with van der Waals surface area (Å²) < 4.78 is 5.31. The van der Waals surface area contributed by atoms with Crippen LogP contribution in [0.25, 0.3) is 0 Å². The smallest absolute Gasteiger partial charge is 0.321 e. The Morgan fingerprint density at radius 3 is 2.49 bits per heavy atom. The molecule has 35 heavy (non-hydrogen) atoms. The quantitative estimate of drug-likeness (QED) is 0.224. The number of carbonyl (C=O) groups is 5. The minimum absolute atomic E-state index is 0.0720. The number of methoxy groups -OCH3 is 1. The number of nitrogens with one attached hydrogen (secondary N) is 3. The second-order valence-corrected chi connectivity index (χ2v) is 9.61. The Hall–Kier alpha value is -2.83. The molecule has 2 saturated heterocycles. The van der Waals surface area contributed by atoms with Gasteiger partial charge in [-0.3, -0.25) is 24.1 Å². The third kappa shape index (κ3) is 5.71. The van der Waals surface area contributed by atoms with Crippen LogP contribution in [-0.2, 0) is 23.9 Å². The first kappa shape index (κ1) is 26.8. The van der Waals surface area contributed by atoms with Gasteiger partial charge in [0.05, 0.1) is 6.54 Å². The topological polar surface area (TPSA) is 137 Å². The van der Waals surface area contributed by atoms with Crippen LogP contribution in [-0.4, -0.2) is 90.8 Å². The van der Waals surface area contributed by atoms with Crippen molar-refractivity contribution in [3.63, 3.8) is 0 Å². The van der Waals surface area contributed by atoms with Crippen molar-refractivity contribution in [1.82, 2.24) is 25.8 Å². The van der Waals surface area contributed by atoms with Gasteiger partial charge >= 0.3 is 6.03 Å². The van der Waals surface area contributed by atoms with Crippen LogP contribution >= 0.6 is 11.3 Å². The molecule has 3 heterocycles. The molecule has 1 aromatic heterocycles. The van der Waals surface area contributed by atoms with Crippen LogP contribution in [0.3, 0.4) is 0 Å². The second-order valence-electron chi connectivity index (χ2n) is 8.63. The Morgan fingerprint density at radius 2 is 2.00 bits per heavy atom. The fourth-order valence-corrected chi connectivity index (χ4v) is 5.04. The minimum Gasteiger partial charge on any atom is -0.349 e. The van der Waals surface area contributed by atoms with Gasteiger partial charge in [0, 0.05) is 45.1 Å². The number of amides is 4. The van der Waals surface area contributed by atoms with E-state index in [1.54, 1.807) is 22.4 Å². The van der Waals surface area contributed by atoms with Crippen molar-refractivity contribution in [2.75, 3.05) is 39.8 Å². The highest BCUT2D eigenvalue weighted by Crippen LogP contribution is 2.32. The van der Waals surface area contributed by atoms with Crippen molar-refractivity contribution in [3.8, 4) is 0 Å². The summed E-state index contributed by atoms with van der Waals surface area (Å²) in [5, 5.41) is 10.1. The predicted molar refractivity (Wildman–Crippen MR) is 129 cm³/mol. The van der Waals surface area contributed by atoms with E-state index in [0.717, 1.165) is 6.42 Å². The zero-order valence-electron chi connectivity index (χ0n) is 20.3. The number of carbonyl (C=O) groups excluding carboxylic acids is 5. The number of urea groups is 1. The van der Waals surface area contributed by atoms with Crippen LogP contribution in [0.5, 0.6) is 0 Å². The molecule has 3 rings (SSSR count). The minimum atomic E-state index is -1.56. The molecule has 12 heteroatoms. The van der Waals surface area contributed by atoms with Crippen molar-refractivity contribution < 1.29 is 28.7 Å². The summed E-state index contributed by atoms with van der Waals surface area (Å²) in [7, 11) is 1.31. The summed E-state index contributed by atoms with van der Waals surface area (Å²) in [6.07, 6.45) is 1.55. The number of nitrogens with zero attached hydrogens (tertiary/aromatic N) is 2. The van der Waals surface area contributed by atoms with Gasteiger partial charge in [0.2, 0.25) is 11.5 Å². The van der Waals surface area contributed by atoms with Crippen molar-refractivity contribution in [3.05, 3.63) is 22.4 Å². The first-order valence-electron chi connectivity index (χ1n) is 11.8. The number of thiophene rings is 1. The van der Waals surface area contributed by atoms with E-state index in [1.807, 2.05) is 6.92 Å². The third-order valence-electron chi connectivity index (χ3n) is 6.30. The molecular weight excluding hydrogens is 474 g/mol. The zero-order chi connectivity index (χ0) is 25.6. The number of Topliss-reactive ketones (excluding diaryl/α,β-unsaturated/α-hetero) is 2. The molecule has 3 N–H and O–H groups in total. The van der Waals surface area contributed by atoms with Gasteiger partial charge in [-0.1, -0.05) is 25.8 Å². The van der Waals surface area contributed by atoms with Crippen LogP contribution in [0.1, 0.15) is 44.0 Å². The van der Waals surface area contributed by atoms with E-state index in [4.69, 9.17) is 4.74 Å². The van der Waals surface area contributed by atoms with Crippen LogP contribution in [0.4, 0.5) is 4.79 Å².